The van der Waals surface area contributed by atoms with E-state index >= 15 is 0 Å². The number of nitro benzene ring substituents is 1. The summed E-state index contributed by atoms with van der Waals surface area (Å²) >= 11 is 0. The molecular formula is C8H8N2O4. The molecule has 0 aliphatic rings. The first-order chi connectivity index (χ1) is 6.49. The molecule has 2 N–H and O–H groups in total. The highest BCUT2D eigenvalue weighted by Crippen LogP contribution is 2.24. The lowest BCUT2D eigenvalue weighted by Crippen LogP contribution is -2.05. The minimum absolute atomic E-state index is 0.198. The normalized spacial score (nSPS) is 9.50. The van der Waals surface area contributed by atoms with Gasteiger partial charge in [0.25, 0.3) is 5.69 Å². The topological polar surface area (TPSA) is 92.5 Å². The Kier molecular flexibility index (Phi) is 2.66. The van der Waals surface area contributed by atoms with Crippen molar-refractivity contribution in [3.05, 3.63) is 28.3 Å². The van der Waals surface area contributed by atoms with Gasteiger partial charge in [-0.3, -0.25) is 14.9 Å². The number of aromatic hydroxyl groups is 1. The molecule has 74 valence electrons. The van der Waals surface area contributed by atoms with E-state index in [1.807, 2.05) is 0 Å². The van der Waals surface area contributed by atoms with Crippen LogP contribution in [0.5, 0.6) is 5.75 Å². The summed E-state index contributed by atoms with van der Waals surface area (Å²) in [6.45, 7) is 1.27. The summed E-state index contributed by atoms with van der Waals surface area (Å²) in [5.41, 5.74) is -0.0713. The molecule has 6 heteroatoms. The van der Waals surface area contributed by atoms with Crippen LogP contribution in [0.2, 0.25) is 0 Å². The van der Waals surface area contributed by atoms with E-state index in [1.165, 1.54) is 19.1 Å². The number of non-ortho nitro benzene ring substituents is 1. The van der Waals surface area contributed by atoms with Crippen molar-refractivity contribution < 1.29 is 14.8 Å². The Morgan fingerprint density at radius 2 is 2.14 bits per heavy atom. The summed E-state index contributed by atoms with van der Waals surface area (Å²) in [5, 5.41) is 21.8. The molecule has 0 aromatic heterocycles. The highest BCUT2D eigenvalue weighted by molar-refractivity contribution is 5.89. The van der Waals surface area contributed by atoms with Gasteiger partial charge in [0, 0.05) is 19.1 Å². The fraction of sp³-hybridized carbons (Fsp3) is 0.125. The first-order valence-corrected chi connectivity index (χ1v) is 3.75. The van der Waals surface area contributed by atoms with E-state index in [-0.39, 0.29) is 23.0 Å². The minimum atomic E-state index is -0.648. The van der Waals surface area contributed by atoms with Crippen LogP contribution in [0.15, 0.2) is 18.2 Å². The fourth-order valence-electron chi connectivity index (χ4n) is 0.976. The number of hydrogen-bond acceptors (Lipinski definition) is 4. The van der Waals surface area contributed by atoms with Crippen LogP contribution in [0.3, 0.4) is 0 Å². The van der Waals surface area contributed by atoms with Gasteiger partial charge >= 0.3 is 0 Å². The van der Waals surface area contributed by atoms with Crippen LogP contribution in [0, 0.1) is 10.1 Å². The van der Waals surface area contributed by atoms with E-state index in [0.29, 0.717) is 0 Å². The molecular weight excluding hydrogens is 188 g/mol. The molecule has 1 rings (SSSR count). The molecule has 6 nitrogen and oxygen atoms in total. The van der Waals surface area contributed by atoms with Gasteiger partial charge in [-0.2, -0.15) is 0 Å². The van der Waals surface area contributed by atoms with Crippen LogP contribution < -0.4 is 5.32 Å². The molecule has 0 unspecified atom stereocenters. The smallest absolute Gasteiger partial charge is 0.275 e. The lowest BCUT2D eigenvalue weighted by atomic mass is 10.2. The zero-order valence-electron chi connectivity index (χ0n) is 7.35. The molecule has 0 radical (unpaired) electrons. The van der Waals surface area contributed by atoms with Crippen molar-refractivity contribution in [1.29, 1.82) is 0 Å². The third-order valence-electron chi connectivity index (χ3n) is 1.43. The number of nitro groups is 1. The molecule has 14 heavy (non-hydrogen) atoms. The number of benzene rings is 1. The van der Waals surface area contributed by atoms with Gasteiger partial charge in [-0.1, -0.05) is 0 Å². The second-order valence-corrected chi connectivity index (χ2v) is 2.68. The Hall–Kier alpha value is -2.11. The molecule has 0 spiro atoms. The summed E-state index contributed by atoms with van der Waals surface area (Å²) in [6.07, 6.45) is 0. The van der Waals surface area contributed by atoms with Gasteiger partial charge in [0.2, 0.25) is 5.91 Å². The lowest BCUT2D eigenvalue weighted by molar-refractivity contribution is -0.384. The van der Waals surface area contributed by atoms with E-state index in [9.17, 15) is 14.9 Å². The van der Waals surface area contributed by atoms with Crippen LogP contribution in [0.4, 0.5) is 11.4 Å². The van der Waals surface area contributed by atoms with Crippen LogP contribution in [0.25, 0.3) is 0 Å². The Balaban J connectivity index is 3.07. The lowest BCUT2D eigenvalue weighted by Gasteiger charge is -2.02. The number of phenolic OH excluding ortho intramolecular Hbond substituents is 1. The quantitative estimate of drug-likeness (QED) is 0.550. The summed E-state index contributed by atoms with van der Waals surface area (Å²) in [4.78, 5) is 20.4. The standard InChI is InChI=1S/C8H8N2O4/c1-5(11)9-6-2-7(10(13)14)4-8(12)3-6/h2-4,12H,1H3,(H,9,11). The average Bonchev–Trinajstić information content (AvgIpc) is 2.01. The average molecular weight is 196 g/mol. The number of amides is 1. The van der Waals surface area contributed by atoms with Gasteiger partial charge in [0.1, 0.15) is 5.75 Å². The number of rotatable bonds is 2. The summed E-state index contributed by atoms with van der Waals surface area (Å²) in [6, 6.07) is 3.40. The third-order valence-corrected chi connectivity index (χ3v) is 1.43. The molecule has 0 saturated heterocycles. The molecule has 0 aliphatic heterocycles. The van der Waals surface area contributed by atoms with Crippen molar-refractivity contribution in [2.24, 2.45) is 0 Å². The number of nitrogens with one attached hydrogen (secondary N) is 1. The molecule has 0 aliphatic carbocycles. The van der Waals surface area contributed by atoms with Crippen LogP contribution in [-0.4, -0.2) is 15.9 Å². The summed E-state index contributed by atoms with van der Waals surface area (Å²) in [7, 11) is 0. The van der Waals surface area contributed by atoms with E-state index in [1.54, 1.807) is 0 Å². The zero-order chi connectivity index (χ0) is 10.7. The van der Waals surface area contributed by atoms with Crippen LogP contribution in [-0.2, 0) is 4.79 Å². The predicted octanol–water partition coefficient (Wildman–Crippen LogP) is 1.26. The molecule has 1 amide bonds. The summed E-state index contributed by atoms with van der Waals surface area (Å²) < 4.78 is 0. The first-order valence-electron chi connectivity index (χ1n) is 3.75. The second-order valence-electron chi connectivity index (χ2n) is 2.68. The second kappa shape index (κ2) is 3.73. The van der Waals surface area contributed by atoms with Crippen molar-refractivity contribution in [3.8, 4) is 5.75 Å². The zero-order valence-corrected chi connectivity index (χ0v) is 7.35. The Morgan fingerprint density at radius 3 is 2.64 bits per heavy atom. The Labute approximate surface area is 79.3 Å². The van der Waals surface area contributed by atoms with Crippen LogP contribution in [0.1, 0.15) is 6.92 Å². The Bertz CT molecular complexity index is 389. The van der Waals surface area contributed by atoms with E-state index < -0.39 is 4.92 Å². The van der Waals surface area contributed by atoms with Crippen molar-refractivity contribution >= 4 is 17.3 Å². The maximum atomic E-state index is 10.6. The van der Waals surface area contributed by atoms with E-state index in [4.69, 9.17) is 5.11 Å². The van der Waals surface area contributed by atoms with E-state index in [0.717, 1.165) is 6.07 Å². The number of carbonyl (C=O) groups is 1. The maximum absolute atomic E-state index is 10.6. The molecule has 0 saturated carbocycles. The highest BCUT2D eigenvalue weighted by atomic mass is 16.6. The van der Waals surface area contributed by atoms with E-state index in [2.05, 4.69) is 5.32 Å². The number of hydrogen-bond donors (Lipinski definition) is 2. The molecule has 0 fully saturated rings. The van der Waals surface area contributed by atoms with Crippen LogP contribution >= 0.6 is 0 Å². The third kappa shape index (κ3) is 2.44. The molecule has 1 aromatic carbocycles. The van der Waals surface area contributed by atoms with Crippen molar-refractivity contribution in [1.82, 2.24) is 0 Å². The monoisotopic (exact) mass is 196 g/mol. The largest absolute Gasteiger partial charge is 0.508 e. The SMILES string of the molecule is CC(=O)Nc1cc(O)cc([N+](=O)[O-])c1. The van der Waals surface area contributed by atoms with Gasteiger partial charge in [-0.05, 0) is 0 Å². The van der Waals surface area contributed by atoms with Gasteiger partial charge in [0.15, 0.2) is 0 Å². The fourth-order valence-corrected chi connectivity index (χ4v) is 0.976. The van der Waals surface area contributed by atoms with Gasteiger partial charge in [-0.25, -0.2) is 0 Å². The van der Waals surface area contributed by atoms with Crippen molar-refractivity contribution in [3.63, 3.8) is 0 Å². The molecule has 0 bridgehead atoms. The van der Waals surface area contributed by atoms with Gasteiger partial charge in [-0.15, -0.1) is 0 Å². The van der Waals surface area contributed by atoms with Crippen molar-refractivity contribution in [2.45, 2.75) is 6.92 Å². The highest BCUT2D eigenvalue weighted by Gasteiger charge is 2.09. The number of phenols is 1. The van der Waals surface area contributed by atoms with Gasteiger partial charge < -0.3 is 10.4 Å². The number of carbonyl (C=O) groups excluding carboxylic acids is 1. The van der Waals surface area contributed by atoms with Gasteiger partial charge in [0.05, 0.1) is 16.7 Å². The maximum Gasteiger partial charge on any atom is 0.275 e. The molecule has 1 aromatic rings. The number of anilines is 1. The Morgan fingerprint density at radius 1 is 1.50 bits per heavy atom. The summed E-state index contributed by atoms with van der Waals surface area (Å²) in [5.74, 6) is -0.618. The predicted molar refractivity (Wildman–Crippen MR) is 49.1 cm³/mol. The first kappa shape index (κ1) is 9.97. The van der Waals surface area contributed by atoms with Crippen molar-refractivity contribution in [2.75, 3.05) is 5.32 Å². The number of nitrogens with zero attached hydrogens (tertiary/aromatic N) is 1. The molecule has 0 heterocycles. The molecule has 0 atom stereocenters. The minimum Gasteiger partial charge on any atom is -0.508 e.